The number of fused-ring (bicyclic) bond motifs is 1. The van der Waals surface area contributed by atoms with Crippen LogP contribution in [-0.2, 0) is 10.0 Å². The standard InChI is InChI=1S/C15H18N2O4S/c1-2-22(20,21)17-8-7-16-15(19)13-9-11-5-3-4-6-12(11)10-14(13)18/h3-6,9-10,17-18H,2,7-8H2,1H3,(H,16,19). The molecule has 0 saturated heterocycles. The third kappa shape index (κ3) is 3.96. The van der Waals surface area contributed by atoms with Crippen LogP contribution in [0.5, 0.6) is 5.75 Å². The van der Waals surface area contributed by atoms with E-state index in [0.717, 1.165) is 10.8 Å². The summed E-state index contributed by atoms with van der Waals surface area (Å²) in [7, 11) is -3.27. The van der Waals surface area contributed by atoms with Gasteiger partial charge in [0.15, 0.2) is 0 Å². The number of phenols is 1. The van der Waals surface area contributed by atoms with Gasteiger partial charge in [-0.25, -0.2) is 13.1 Å². The van der Waals surface area contributed by atoms with E-state index >= 15 is 0 Å². The van der Waals surface area contributed by atoms with E-state index in [1.165, 1.54) is 13.0 Å². The minimum absolute atomic E-state index is 0.00753. The molecule has 118 valence electrons. The molecule has 0 aliphatic rings. The molecule has 22 heavy (non-hydrogen) atoms. The van der Waals surface area contributed by atoms with Gasteiger partial charge in [-0.3, -0.25) is 4.79 Å². The van der Waals surface area contributed by atoms with Crippen molar-refractivity contribution in [2.75, 3.05) is 18.8 Å². The van der Waals surface area contributed by atoms with Gasteiger partial charge in [-0.05, 0) is 29.8 Å². The zero-order valence-corrected chi connectivity index (χ0v) is 13.0. The van der Waals surface area contributed by atoms with Gasteiger partial charge in [-0.15, -0.1) is 0 Å². The Morgan fingerprint density at radius 1 is 1.14 bits per heavy atom. The molecule has 0 radical (unpaired) electrons. The van der Waals surface area contributed by atoms with E-state index in [4.69, 9.17) is 0 Å². The highest BCUT2D eigenvalue weighted by molar-refractivity contribution is 7.89. The fourth-order valence-corrected chi connectivity index (χ4v) is 2.61. The number of amides is 1. The van der Waals surface area contributed by atoms with Crippen molar-refractivity contribution in [3.8, 4) is 5.75 Å². The molecule has 0 atom stereocenters. The molecule has 2 aromatic carbocycles. The number of hydrogen-bond donors (Lipinski definition) is 3. The summed E-state index contributed by atoms with van der Waals surface area (Å²) in [5, 5.41) is 14.2. The Kier molecular flexibility index (Phi) is 4.99. The minimum Gasteiger partial charge on any atom is -0.507 e. The smallest absolute Gasteiger partial charge is 0.255 e. The van der Waals surface area contributed by atoms with E-state index in [1.807, 2.05) is 24.3 Å². The van der Waals surface area contributed by atoms with Crippen molar-refractivity contribution in [1.82, 2.24) is 10.0 Å². The first-order valence-electron chi connectivity index (χ1n) is 6.90. The molecule has 6 nitrogen and oxygen atoms in total. The molecule has 3 N–H and O–H groups in total. The molecule has 0 fully saturated rings. The second-order valence-corrected chi connectivity index (χ2v) is 6.87. The second kappa shape index (κ2) is 6.76. The van der Waals surface area contributed by atoms with E-state index in [1.54, 1.807) is 6.07 Å². The van der Waals surface area contributed by atoms with Gasteiger partial charge in [-0.2, -0.15) is 0 Å². The number of hydrogen-bond acceptors (Lipinski definition) is 4. The summed E-state index contributed by atoms with van der Waals surface area (Å²) in [4.78, 5) is 12.1. The molecule has 0 heterocycles. The Balaban J connectivity index is 2.02. The van der Waals surface area contributed by atoms with Crippen LogP contribution in [0.2, 0.25) is 0 Å². The molecule has 0 aromatic heterocycles. The average molecular weight is 322 g/mol. The Labute approximate surface area is 129 Å². The van der Waals surface area contributed by atoms with Gasteiger partial charge in [0.25, 0.3) is 5.91 Å². The summed E-state index contributed by atoms with van der Waals surface area (Å²) in [5.74, 6) is -0.559. The zero-order chi connectivity index (χ0) is 16.2. The molecular formula is C15H18N2O4S. The summed E-state index contributed by atoms with van der Waals surface area (Å²) >= 11 is 0. The lowest BCUT2D eigenvalue weighted by atomic mass is 10.1. The van der Waals surface area contributed by atoms with Crippen LogP contribution in [0.25, 0.3) is 10.8 Å². The van der Waals surface area contributed by atoms with Crippen molar-refractivity contribution in [2.45, 2.75) is 6.92 Å². The number of carbonyl (C=O) groups excluding carboxylic acids is 1. The van der Waals surface area contributed by atoms with E-state index in [2.05, 4.69) is 10.0 Å². The topological polar surface area (TPSA) is 95.5 Å². The summed E-state index contributed by atoms with van der Waals surface area (Å²) < 4.78 is 24.9. The lowest BCUT2D eigenvalue weighted by molar-refractivity contribution is 0.0952. The molecule has 0 aliphatic heterocycles. The van der Waals surface area contributed by atoms with Crippen LogP contribution < -0.4 is 10.0 Å². The number of aromatic hydroxyl groups is 1. The molecule has 7 heteroatoms. The van der Waals surface area contributed by atoms with E-state index in [-0.39, 0.29) is 30.2 Å². The minimum atomic E-state index is -3.27. The third-order valence-electron chi connectivity index (χ3n) is 3.22. The molecule has 0 aliphatic carbocycles. The van der Waals surface area contributed by atoms with Crippen molar-refractivity contribution >= 4 is 26.7 Å². The highest BCUT2D eigenvalue weighted by Gasteiger charge is 2.12. The van der Waals surface area contributed by atoms with Crippen LogP contribution in [0.1, 0.15) is 17.3 Å². The number of nitrogens with one attached hydrogen (secondary N) is 2. The maximum atomic E-state index is 12.1. The summed E-state index contributed by atoms with van der Waals surface area (Å²) in [6.07, 6.45) is 0. The number of rotatable bonds is 6. The first-order chi connectivity index (χ1) is 10.4. The van der Waals surface area contributed by atoms with E-state index < -0.39 is 15.9 Å². The van der Waals surface area contributed by atoms with Crippen molar-refractivity contribution in [2.24, 2.45) is 0 Å². The predicted molar refractivity (Wildman–Crippen MR) is 85.4 cm³/mol. The van der Waals surface area contributed by atoms with Crippen LogP contribution in [0, 0.1) is 0 Å². The molecular weight excluding hydrogens is 304 g/mol. The molecule has 0 spiro atoms. The van der Waals surface area contributed by atoms with Crippen LogP contribution >= 0.6 is 0 Å². The van der Waals surface area contributed by atoms with Gasteiger partial charge in [0, 0.05) is 13.1 Å². The van der Waals surface area contributed by atoms with Gasteiger partial charge >= 0.3 is 0 Å². The molecule has 0 unspecified atom stereocenters. The number of phenolic OH excluding ortho intramolecular Hbond substituents is 1. The molecule has 0 saturated carbocycles. The average Bonchev–Trinajstić information content (AvgIpc) is 2.50. The Bertz CT molecular complexity index is 787. The fourth-order valence-electron chi connectivity index (χ4n) is 1.99. The van der Waals surface area contributed by atoms with Crippen molar-refractivity contribution in [3.63, 3.8) is 0 Å². The Hall–Kier alpha value is -2.12. The van der Waals surface area contributed by atoms with Crippen LogP contribution in [0.3, 0.4) is 0 Å². The van der Waals surface area contributed by atoms with Gasteiger partial charge < -0.3 is 10.4 Å². The normalized spacial score (nSPS) is 11.5. The number of benzene rings is 2. The summed E-state index contributed by atoms with van der Waals surface area (Å²) in [6.45, 7) is 1.79. The lowest BCUT2D eigenvalue weighted by Gasteiger charge is -2.09. The number of carbonyl (C=O) groups is 1. The van der Waals surface area contributed by atoms with Crippen molar-refractivity contribution in [3.05, 3.63) is 42.0 Å². The largest absolute Gasteiger partial charge is 0.507 e. The number of sulfonamides is 1. The van der Waals surface area contributed by atoms with Crippen LogP contribution in [0.4, 0.5) is 0 Å². The fraction of sp³-hybridized carbons (Fsp3) is 0.267. The third-order valence-corrected chi connectivity index (χ3v) is 4.63. The summed E-state index contributed by atoms with van der Waals surface area (Å²) in [6, 6.07) is 10.5. The highest BCUT2D eigenvalue weighted by atomic mass is 32.2. The zero-order valence-electron chi connectivity index (χ0n) is 12.2. The van der Waals surface area contributed by atoms with Crippen molar-refractivity contribution < 1.29 is 18.3 Å². The predicted octanol–water partition coefficient (Wildman–Crippen LogP) is 1.21. The second-order valence-electron chi connectivity index (χ2n) is 4.77. The monoisotopic (exact) mass is 322 g/mol. The van der Waals surface area contributed by atoms with Crippen molar-refractivity contribution in [1.29, 1.82) is 0 Å². The van der Waals surface area contributed by atoms with Gasteiger partial charge in [0.2, 0.25) is 10.0 Å². The Morgan fingerprint density at radius 2 is 1.77 bits per heavy atom. The first-order valence-corrected chi connectivity index (χ1v) is 8.55. The SMILES string of the molecule is CCS(=O)(=O)NCCNC(=O)c1cc2ccccc2cc1O. The first kappa shape index (κ1) is 16.3. The van der Waals surface area contributed by atoms with E-state index in [0.29, 0.717) is 0 Å². The van der Waals surface area contributed by atoms with Gasteiger partial charge in [-0.1, -0.05) is 24.3 Å². The molecule has 2 aromatic rings. The molecule has 2 rings (SSSR count). The van der Waals surface area contributed by atoms with Gasteiger partial charge in [0.05, 0.1) is 11.3 Å². The maximum absolute atomic E-state index is 12.1. The quantitative estimate of drug-likeness (QED) is 0.697. The van der Waals surface area contributed by atoms with Gasteiger partial charge in [0.1, 0.15) is 5.75 Å². The maximum Gasteiger partial charge on any atom is 0.255 e. The highest BCUT2D eigenvalue weighted by Crippen LogP contribution is 2.24. The van der Waals surface area contributed by atoms with Crippen LogP contribution in [0.15, 0.2) is 36.4 Å². The molecule has 0 bridgehead atoms. The van der Waals surface area contributed by atoms with E-state index in [9.17, 15) is 18.3 Å². The Morgan fingerprint density at radius 3 is 2.41 bits per heavy atom. The summed E-state index contributed by atoms with van der Waals surface area (Å²) in [5.41, 5.74) is 0.164. The lowest BCUT2D eigenvalue weighted by Crippen LogP contribution is -2.35. The molecule has 1 amide bonds. The van der Waals surface area contributed by atoms with Crippen LogP contribution in [-0.4, -0.2) is 38.3 Å².